The topological polar surface area (TPSA) is 61.9 Å². The van der Waals surface area contributed by atoms with Crippen molar-refractivity contribution in [2.75, 3.05) is 30.8 Å². The van der Waals surface area contributed by atoms with E-state index in [0.29, 0.717) is 5.95 Å². The molecule has 0 aromatic carbocycles. The first kappa shape index (κ1) is 14.1. The normalized spacial score (nSPS) is 14.9. The summed E-state index contributed by atoms with van der Waals surface area (Å²) in [5.74, 6) is 1.68. The van der Waals surface area contributed by atoms with Crippen LogP contribution >= 0.6 is 0 Å². The van der Waals surface area contributed by atoms with Crippen molar-refractivity contribution in [3.8, 4) is 0 Å². The van der Waals surface area contributed by atoms with E-state index in [4.69, 9.17) is 0 Å². The Morgan fingerprint density at radius 1 is 1.32 bits per heavy atom. The highest BCUT2D eigenvalue weighted by molar-refractivity contribution is 5.51. The Morgan fingerprint density at radius 3 is 2.79 bits per heavy atom. The van der Waals surface area contributed by atoms with Crippen LogP contribution in [0.1, 0.15) is 38.4 Å². The Labute approximate surface area is 115 Å². The van der Waals surface area contributed by atoms with Gasteiger partial charge in [-0.3, -0.25) is 0 Å². The van der Waals surface area contributed by atoms with Gasteiger partial charge in [0.05, 0.1) is 5.69 Å². The molecule has 0 atom stereocenters. The summed E-state index contributed by atoms with van der Waals surface area (Å²) in [5.41, 5.74) is 2.66. The van der Waals surface area contributed by atoms with E-state index in [9.17, 15) is 0 Å². The summed E-state index contributed by atoms with van der Waals surface area (Å²) in [7, 11) is 1.86. The van der Waals surface area contributed by atoms with Gasteiger partial charge in [-0.25, -0.2) is 4.98 Å². The molecular formula is C14H25N5. The van der Waals surface area contributed by atoms with Crippen molar-refractivity contribution in [1.29, 1.82) is 0 Å². The molecule has 0 unspecified atom stereocenters. The van der Waals surface area contributed by atoms with Crippen LogP contribution < -0.4 is 16.0 Å². The number of rotatable bonds is 5. The lowest BCUT2D eigenvalue weighted by atomic mass is 9.90. The van der Waals surface area contributed by atoms with Crippen LogP contribution in [0.5, 0.6) is 0 Å². The van der Waals surface area contributed by atoms with E-state index in [-0.39, 0.29) is 5.41 Å². The highest BCUT2D eigenvalue weighted by atomic mass is 15.1. The van der Waals surface area contributed by atoms with Crippen molar-refractivity contribution in [2.24, 2.45) is 5.41 Å². The predicted octanol–water partition coefficient (Wildman–Crippen LogP) is 2.01. The molecule has 2 rings (SSSR count). The van der Waals surface area contributed by atoms with E-state index < -0.39 is 0 Å². The van der Waals surface area contributed by atoms with Crippen molar-refractivity contribution in [3.05, 3.63) is 11.3 Å². The maximum atomic E-state index is 4.57. The summed E-state index contributed by atoms with van der Waals surface area (Å²) in [6.45, 7) is 9.53. The molecule has 19 heavy (non-hydrogen) atoms. The van der Waals surface area contributed by atoms with Crippen LogP contribution in [0, 0.1) is 5.41 Å². The molecular weight excluding hydrogens is 238 g/mol. The number of aromatic nitrogens is 2. The molecule has 3 N–H and O–H groups in total. The lowest BCUT2D eigenvalue weighted by Gasteiger charge is -2.26. The third-order valence-electron chi connectivity index (χ3n) is 3.85. The fraction of sp³-hybridized carbons (Fsp3) is 0.714. The van der Waals surface area contributed by atoms with E-state index in [0.717, 1.165) is 44.0 Å². The van der Waals surface area contributed by atoms with Gasteiger partial charge in [0.2, 0.25) is 5.95 Å². The van der Waals surface area contributed by atoms with Crippen LogP contribution in [0.4, 0.5) is 11.8 Å². The molecule has 106 valence electrons. The van der Waals surface area contributed by atoms with Gasteiger partial charge in [-0.1, -0.05) is 20.8 Å². The van der Waals surface area contributed by atoms with Crippen LogP contribution in [0.2, 0.25) is 0 Å². The molecule has 0 saturated heterocycles. The van der Waals surface area contributed by atoms with Crippen molar-refractivity contribution in [2.45, 2.75) is 40.2 Å². The van der Waals surface area contributed by atoms with Crippen LogP contribution in [0.25, 0.3) is 0 Å². The third-order valence-corrected chi connectivity index (χ3v) is 3.85. The number of anilines is 2. The monoisotopic (exact) mass is 263 g/mol. The molecule has 2 heterocycles. The average molecular weight is 263 g/mol. The molecule has 5 heteroatoms. The number of nitrogens with zero attached hydrogens (tertiary/aromatic N) is 2. The highest BCUT2D eigenvalue weighted by Gasteiger charge is 2.20. The van der Waals surface area contributed by atoms with Crippen molar-refractivity contribution in [3.63, 3.8) is 0 Å². The standard InChI is InChI=1S/C14H25N5/c1-5-14(2,3)9-17-12-10-8-16-7-6-11(10)18-13(15-4)19-12/h16H,5-9H2,1-4H3,(H2,15,17,18,19). The smallest absolute Gasteiger partial charge is 0.224 e. The van der Waals surface area contributed by atoms with Gasteiger partial charge < -0.3 is 16.0 Å². The van der Waals surface area contributed by atoms with E-state index >= 15 is 0 Å². The van der Waals surface area contributed by atoms with Crippen molar-refractivity contribution in [1.82, 2.24) is 15.3 Å². The highest BCUT2D eigenvalue weighted by Crippen LogP contribution is 2.25. The molecule has 1 aliphatic heterocycles. The largest absolute Gasteiger partial charge is 0.369 e. The van der Waals surface area contributed by atoms with E-state index in [1.54, 1.807) is 0 Å². The maximum absolute atomic E-state index is 4.57. The minimum absolute atomic E-state index is 0.278. The molecule has 0 aliphatic carbocycles. The average Bonchev–Trinajstić information content (AvgIpc) is 2.44. The fourth-order valence-electron chi connectivity index (χ4n) is 2.05. The summed E-state index contributed by atoms with van der Waals surface area (Å²) in [6, 6.07) is 0. The Kier molecular flexibility index (Phi) is 4.24. The van der Waals surface area contributed by atoms with E-state index in [2.05, 4.69) is 46.7 Å². The van der Waals surface area contributed by atoms with E-state index in [1.165, 1.54) is 5.56 Å². The molecule has 1 aromatic rings. The van der Waals surface area contributed by atoms with Gasteiger partial charge in [0, 0.05) is 38.7 Å². The Morgan fingerprint density at radius 2 is 2.11 bits per heavy atom. The second-order valence-electron chi connectivity index (χ2n) is 5.87. The van der Waals surface area contributed by atoms with Gasteiger partial charge in [-0.15, -0.1) is 0 Å². The minimum Gasteiger partial charge on any atom is -0.369 e. The maximum Gasteiger partial charge on any atom is 0.224 e. The minimum atomic E-state index is 0.278. The Bertz CT molecular complexity index is 442. The lowest BCUT2D eigenvalue weighted by molar-refractivity contribution is 0.376. The first-order valence-corrected chi connectivity index (χ1v) is 7.08. The quantitative estimate of drug-likeness (QED) is 0.758. The molecule has 1 aliphatic rings. The van der Waals surface area contributed by atoms with Gasteiger partial charge in [0.25, 0.3) is 0 Å². The van der Waals surface area contributed by atoms with Crippen LogP contribution in [0.3, 0.4) is 0 Å². The molecule has 1 aromatic heterocycles. The van der Waals surface area contributed by atoms with Crippen LogP contribution in [-0.4, -0.2) is 30.1 Å². The van der Waals surface area contributed by atoms with E-state index in [1.807, 2.05) is 7.05 Å². The summed E-state index contributed by atoms with van der Waals surface area (Å²) in [5, 5.41) is 9.94. The van der Waals surface area contributed by atoms with Gasteiger partial charge in [0.1, 0.15) is 5.82 Å². The molecule has 0 fully saturated rings. The molecule has 0 saturated carbocycles. The van der Waals surface area contributed by atoms with Gasteiger partial charge in [-0.05, 0) is 11.8 Å². The van der Waals surface area contributed by atoms with Crippen LogP contribution in [-0.2, 0) is 13.0 Å². The van der Waals surface area contributed by atoms with Gasteiger partial charge in [-0.2, -0.15) is 4.98 Å². The number of fused-ring (bicyclic) bond motifs is 1. The zero-order valence-electron chi connectivity index (χ0n) is 12.4. The second kappa shape index (κ2) is 5.74. The zero-order chi connectivity index (χ0) is 13.9. The molecule has 5 nitrogen and oxygen atoms in total. The first-order chi connectivity index (χ1) is 9.05. The zero-order valence-corrected chi connectivity index (χ0v) is 12.4. The molecule has 0 spiro atoms. The number of nitrogens with one attached hydrogen (secondary N) is 3. The summed E-state index contributed by atoms with van der Waals surface area (Å²) in [4.78, 5) is 9.12. The Balaban J connectivity index is 2.23. The summed E-state index contributed by atoms with van der Waals surface area (Å²) < 4.78 is 0. The fourth-order valence-corrected chi connectivity index (χ4v) is 2.05. The summed E-state index contributed by atoms with van der Waals surface area (Å²) in [6.07, 6.45) is 2.11. The molecule has 0 bridgehead atoms. The van der Waals surface area contributed by atoms with Crippen molar-refractivity contribution >= 4 is 11.8 Å². The van der Waals surface area contributed by atoms with Gasteiger partial charge >= 0.3 is 0 Å². The third kappa shape index (κ3) is 3.35. The molecule has 0 amide bonds. The predicted molar refractivity (Wildman–Crippen MR) is 79.6 cm³/mol. The second-order valence-corrected chi connectivity index (χ2v) is 5.87. The first-order valence-electron chi connectivity index (χ1n) is 7.08. The number of hydrogen-bond donors (Lipinski definition) is 3. The van der Waals surface area contributed by atoms with Crippen LogP contribution in [0.15, 0.2) is 0 Å². The Hall–Kier alpha value is -1.36. The molecule has 0 radical (unpaired) electrons. The summed E-state index contributed by atoms with van der Waals surface area (Å²) >= 11 is 0. The van der Waals surface area contributed by atoms with Gasteiger partial charge in [0.15, 0.2) is 0 Å². The van der Waals surface area contributed by atoms with Crippen molar-refractivity contribution < 1.29 is 0 Å². The SMILES string of the molecule is CCC(C)(C)CNc1nc(NC)nc2c1CNCC2. The number of hydrogen-bond acceptors (Lipinski definition) is 5. The lowest BCUT2D eigenvalue weighted by Crippen LogP contribution is -2.29.